The summed E-state index contributed by atoms with van der Waals surface area (Å²) in [5, 5.41) is 0. The minimum atomic E-state index is -0.251. The first kappa shape index (κ1) is 13.5. The van der Waals surface area contributed by atoms with Crippen molar-refractivity contribution in [2.75, 3.05) is 19.8 Å². The molecular formula is C13H23N3O2. The highest BCUT2D eigenvalue weighted by atomic mass is 16.5. The lowest BCUT2D eigenvalue weighted by Gasteiger charge is -2.41. The minimum absolute atomic E-state index is 0.0394. The molecule has 1 aromatic heterocycles. The van der Waals surface area contributed by atoms with E-state index in [1.807, 2.05) is 24.7 Å². The maximum atomic E-state index is 6.40. The maximum Gasteiger partial charge on any atom is 0.110 e. The van der Waals surface area contributed by atoms with Crippen molar-refractivity contribution in [3.8, 4) is 0 Å². The topological polar surface area (TPSA) is 62.3 Å². The highest BCUT2D eigenvalue weighted by Crippen LogP contribution is 2.29. The molecule has 0 aromatic carbocycles. The van der Waals surface area contributed by atoms with Gasteiger partial charge in [-0.15, -0.1) is 0 Å². The molecule has 1 saturated heterocycles. The summed E-state index contributed by atoms with van der Waals surface area (Å²) >= 11 is 0. The second-order valence-corrected chi connectivity index (χ2v) is 4.88. The van der Waals surface area contributed by atoms with E-state index in [2.05, 4.69) is 4.98 Å². The third-order valence-corrected chi connectivity index (χ3v) is 3.77. The average molecular weight is 253 g/mol. The molecule has 102 valence electrons. The summed E-state index contributed by atoms with van der Waals surface area (Å²) in [5.74, 6) is 1.01. The van der Waals surface area contributed by atoms with Crippen LogP contribution in [0, 0.1) is 0 Å². The van der Waals surface area contributed by atoms with E-state index in [0.717, 1.165) is 38.3 Å². The molecule has 1 aromatic rings. The fourth-order valence-electron chi connectivity index (χ4n) is 2.60. The Balaban J connectivity index is 2.08. The van der Waals surface area contributed by atoms with Gasteiger partial charge in [-0.1, -0.05) is 0 Å². The summed E-state index contributed by atoms with van der Waals surface area (Å²) in [7, 11) is 1.99. The Labute approximate surface area is 108 Å². The zero-order chi connectivity index (χ0) is 13.0. The molecule has 1 atom stereocenters. The molecule has 2 heterocycles. The molecule has 0 saturated carbocycles. The number of rotatable bonds is 5. The van der Waals surface area contributed by atoms with E-state index in [0.29, 0.717) is 6.61 Å². The SMILES string of the molecule is CCOC1(C(N)Cc2nccn2C)CCOCC1. The molecule has 2 rings (SSSR count). The van der Waals surface area contributed by atoms with Crippen LogP contribution in [0.4, 0.5) is 0 Å². The summed E-state index contributed by atoms with van der Waals surface area (Å²) in [6, 6.07) is -0.0394. The van der Waals surface area contributed by atoms with Crippen LogP contribution in [0.15, 0.2) is 12.4 Å². The van der Waals surface area contributed by atoms with Crippen molar-refractivity contribution in [3.05, 3.63) is 18.2 Å². The lowest BCUT2D eigenvalue weighted by Crippen LogP contribution is -2.54. The first-order chi connectivity index (χ1) is 8.68. The second kappa shape index (κ2) is 5.82. The number of ether oxygens (including phenoxy) is 2. The van der Waals surface area contributed by atoms with Crippen molar-refractivity contribution in [1.82, 2.24) is 9.55 Å². The quantitative estimate of drug-likeness (QED) is 0.846. The van der Waals surface area contributed by atoms with Crippen LogP contribution in [0.3, 0.4) is 0 Å². The standard InChI is InChI=1S/C13H23N3O2/c1-3-18-13(4-8-17-9-5-13)11(14)10-12-15-6-7-16(12)2/h6-7,11H,3-5,8-10,14H2,1-2H3. The predicted octanol–water partition coefficient (Wildman–Crippen LogP) is 0.876. The summed E-state index contributed by atoms with van der Waals surface area (Å²) in [6.07, 6.45) is 6.22. The third-order valence-electron chi connectivity index (χ3n) is 3.77. The minimum Gasteiger partial charge on any atom is -0.381 e. The van der Waals surface area contributed by atoms with Crippen molar-refractivity contribution in [1.29, 1.82) is 0 Å². The van der Waals surface area contributed by atoms with Gasteiger partial charge in [-0.3, -0.25) is 0 Å². The zero-order valence-electron chi connectivity index (χ0n) is 11.3. The van der Waals surface area contributed by atoms with Crippen LogP contribution in [0.1, 0.15) is 25.6 Å². The number of hydrogen-bond acceptors (Lipinski definition) is 4. The Morgan fingerprint density at radius 3 is 2.83 bits per heavy atom. The van der Waals surface area contributed by atoms with Gasteiger partial charge >= 0.3 is 0 Å². The molecule has 0 aliphatic carbocycles. The first-order valence-electron chi connectivity index (χ1n) is 6.61. The molecule has 0 bridgehead atoms. The van der Waals surface area contributed by atoms with Crippen LogP contribution in [0.5, 0.6) is 0 Å². The van der Waals surface area contributed by atoms with Crippen LogP contribution in [0.2, 0.25) is 0 Å². The highest BCUT2D eigenvalue weighted by Gasteiger charge is 2.39. The van der Waals surface area contributed by atoms with Gasteiger partial charge in [-0.05, 0) is 6.92 Å². The lowest BCUT2D eigenvalue weighted by molar-refractivity contribution is -0.120. The Hall–Kier alpha value is -0.910. The molecule has 1 aliphatic rings. The van der Waals surface area contributed by atoms with Gasteiger partial charge in [0.15, 0.2) is 0 Å². The summed E-state index contributed by atoms with van der Waals surface area (Å²) in [6.45, 7) is 4.17. The van der Waals surface area contributed by atoms with Crippen molar-refractivity contribution in [3.63, 3.8) is 0 Å². The Kier molecular flexibility index (Phi) is 4.37. The van der Waals surface area contributed by atoms with E-state index in [-0.39, 0.29) is 11.6 Å². The van der Waals surface area contributed by atoms with Gasteiger partial charge in [0.2, 0.25) is 0 Å². The van der Waals surface area contributed by atoms with E-state index < -0.39 is 0 Å². The van der Waals surface area contributed by atoms with Crippen LogP contribution >= 0.6 is 0 Å². The molecule has 1 fully saturated rings. The molecule has 0 radical (unpaired) electrons. The summed E-state index contributed by atoms with van der Waals surface area (Å²) < 4.78 is 13.4. The van der Waals surface area contributed by atoms with E-state index in [4.69, 9.17) is 15.2 Å². The van der Waals surface area contributed by atoms with Crippen LogP contribution in [0.25, 0.3) is 0 Å². The Bertz CT molecular complexity index is 367. The molecule has 5 heteroatoms. The van der Waals surface area contributed by atoms with Gasteiger partial charge < -0.3 is 19.8 Å². The van der Waals surface area contributed by atoms with Crippen molar-refractivity contribution in [2.45, 2.75) is 37.8 Å². The number of imidazole rings is 1. The molecule has 1 unspecified atom stereocenters. The maximum absolute atomic E-state index is 6.40. The van der Waals surface area contributed by atoms with Crippen LogP contribution < -0.4 is 5.73 Å². The fourth-order valence-corrected chi connectivity index (χ4v) is 2.60. The van der Waals surface area contributed by atoms with E-state index >= 15 is 0 Å². The first-order valence-corrected chi connectivity index (χ1v) is 6.61. The van der Waals surface area contributed by atoms with Crippen molar-refractivity contribution in [2.24, 2.45) is 12.8 Å². The molecule has 0 spiro atoms. The molecule has 0 amide bonds. The normalized spacial score (nSPS) is 20.8. The van der Waals surface area contributed by atoms with Crippen LogP contribution in [-0.4, -0.2) is 41.0 Å². The Morgan fingerprint density at radius 2 is 2.28 bits per heavy atom. The Morgan fingerprint density at radius 1 is 1.56 bits per heavy atom. The van der Waals surface area contributed by atoms with Crippen molar-refractivity contribution < 1.29 is 9.47 Å². The number of nitrogens with zero attached hydrogens (tertiary/aromatic N) is 2. The molecule has 18 heavy (non-hydrogen) atoms. The van der Waals surface area contributed by atoms with E-state index in [1.54, 1.807) is 6.20 Å². The predicted molar refractivity (Wildman–Crippen MR) is 69.3 cm³/mol. The zero-order valence-corrected chi connectivity index (χ0v) is 11.3. The summed E-state index contributed by atoms with van der Waals surface area (Å²) in [5.41, 5.74) is 6.14. The third kappa shape index (κ3) is 2.74. The fraction of sp³-hybridized carbons (Fsp3) is 0.769. The number of hydrogen-bond donors (Lipinski definition) is 1. The van der Waals surface area contributed by atoms with Gasteiger partial charge in [-0.25, -0.2) is 4.98 Å². The molecule has 1 aliphatic heterocycles. The largest absolute Gasteiger partial charge is 0.381 e. The smallest absolute Gasteiger partial charge is 0.110 e. The van der Waals surface area contributed by atoms with Gasteiger partial charge in [0.1, 0.15) is 5.82 Å². The number of nitrogens with two attached hydrogens (primary N) is 1. The van der Waals surface area contributed by atoms with Gasteiger partial charge in [0, 0.05) is 64.6 Å². The number of aromatic nitrogens is 2. The van der Waals surface area contributed by atoms with Gasteiger partial charge in [0.25, 0.3) is 0 Å². The molecular weight excluding hydrogens is 230 g/mol. The molecule has 2 N–H and O–H groups in total. The van der Waals surface area contributed by atoms with Gasteiger partial charge in [-0.2, -0.15) is 0 Å². The molecule has 5 nitrogen and oxygen atoms in total. The second-order valence-electron chi connectivity index (χ2n) is 4.88. The summed E-state index contributed by atoms with van der Waals surface area (Å²) in [4.78, 5) is 4.34. The number of aryl methyl sites for hydroxylation is 1. The van der Waals surface area contributed by atoms with E-state index in [9.17, 15) is 0 Å². The van der Waals surface area contributed by atoms with Gasteiger partial charge in [0.05, 0.1) is 5.60 Å². The van der Waals surface area contributed by atoms with Crippen molar-refractivity contribution >= 4 is 0 Å². The average Bonchev–Trinajstić information content (AvgIpc) is 2.76. The van der Waals surface area contributed by atoms with Crippen LogP contribution in [-0.2, 0) is 22.9 Å². The highest BCUT2D eigenvalue weighted by molar-refractivity contribution is 5.01. The van der Waals surface area contributed by atoms with E-state index in [1.165, 1.54) is 0 Å². The lowest BCUT2D eigenvalue weighted by atomic mass is 9.84. The monoisotopic (exact) mass is 253 g/mol.